The Labute approximate surface area is 116 Å². The first-order chi connectivity index (χ1) is 8.63. The Bertz CT molecular complexity index is 531. The Kier molecular flexibility index (Phi) is 4.85. The minimum absolute atomic E-state index is 0.000153. The number of nitrogens with two attached hydrogens (primary N) is 1. The fourth-order valence-electron chi connectivity index (χ4n) is 1.65. The van der Waals surface area contributed by atoms with Crippen molar-refractivity contribution in [3.05, 3.63) is 23.8 Å². The molecule has 108 valence electrons. The molecule has 1 aromatic rings. The SMILES string of the molecule is CCc1ccc(NS(=O)(=O)CCC(C)(C)C)cc1N. The fourth-order valence-corrected chi connectivity index (χ4v) is 3.12. The first-order valence-corrected chi connectivity index (χ1v) is 8.17. The second kappa shape index (κ2) is 5.82. The van der Waals surface area contributed by atoms with Gasteiger partial charge < -0.3 is 5.73 Å². The largest absolute Gasteiger partial charge is 0.398 e. The summed E-state index contributed by atoms with van der Waals surface area (Å²) in [5, 5.41) is 0. The lowest BCUT2D eigenvalue weighted by Gasteiger charge is -2.18. The molecule has 0 aromatic heterocycles. The van der Waals surface area contributed by atoms with E-state index in [0.29, 0.717) is 17.8 Å². The van der Waals surface area contributed by atoms with Gasteiger partial charge in [-0.3, -0.25) is 4.72 Å². The standard InChI is InChI=1S/C14H24N2O2S/c1-5-11-6-7-12(10-13(11)15)16-19(17,18)9-8-14(2,3)4/h6-7,10,16H,5,8-9,15H2,1-4H3. The van der Waals surface area contributed by atoms with Gasteiger partial charge in [-0.05, 0) is 36.0 Å². The molecule has 0 spiro atoms. The smallest absolute Gasteiger partial charge is 0.232 e. The minimum Gasteiger partial charge on any atom is -0.398 e. The van der Waals surface area contributed by atoms with Gasteiger partial charge in [0.2, 0.25) is 10.0 Å². The lowest BCUT2D eigenvalue weighted by molar-refractivity contribution is 0.397. The molecule has 1 aromatic carbocycles. The molecule has 1 rings (SSSR count). The molecule has 0 amide bonds. The molecule has 19 heavy (non-hydrogen) atoms. The van der Waals surface area contributed by atoms with Crippen LogP contribution in [0.3, 0.4) is 0 Å². The van der Waals surface area contributed by atoms with Crippen LogP contribution in [0.2, 0.25) is 0 Å². The van der Waals surface area contributed by atoms with Crippen LogP contribution >= 0.6 is 0 Å². The van der Waals surface area contributed by atoms with Crippen molar-refractivity contribution in [3.8, 4) is 0 Å². The molecule has 3 N–H and O–H groups in total. The minimum atomic E-state index is -3.31. The number of benzene rings is 1. The van der Waals surface area contributed by atoms with E-state index in [2.05, 4.69) is 4.72 Å². The number of nitrogens with one attached hydrogen (secondary N) is 1. The quantitative estimate of drug-likeness (QED) is 0.816. The molecular formula is C14H24N2O2S. The van der Waals surface area contributed by atoms with Crippen LogP contribution in [0.4, 0.5) is 11.4 Å². The summed E-state index contributed by atoms with van der Waals surface area (Å²) < 4.78 is 26.5. The van der Waals surface area contributed by atoms with Gasteiger partial charge in [-0.1, -0.05) is 33.8 Å². The monoisotopic (exact) mass is 284 g/mol. The molecule has 5 heteroatoms. The lowest BCUT2D eigenvalue weighted by atomic mass is 9.94. The zero-order chi connectivity index (χ0) is 14.7. The van der Waals surface area contributed by atoms with Crippen LogP contribution in [0.15, 0.2) is 18.2 Å². The van der Waals surface area contributed by atoms with Crippen LogP contribution in [-0.2, 0) is 16.4 Å². The molecule has 0 aliphatic rings. The van der Waals surface area contributed by atoms with Crippen LogP contribution in [0.1, 0.15) is 39.7 Å². The predicted molar refractivity (Wildman–Crippen MR) is 81.7 cm³/mol. The van der Waals surface area contributed by atoms with E-state index in [1.807, 2.05) is 33.8 Å². The molecule has 0 saturated carbocycles. The van der Waals surface area contributed by atoms with Crippen molar-refractivity contribution in [3.63, 3.8) is 0 Å². The third kappa shape index (κ3) is 5.51. The highest BCUT2D eigenvalue weighted by Crippen LogP contribution is 2.22. The van der Waals surface area contributed by atoms with E-state index in [9.17, 15) is 8.42 Å². The summed E-state index contributed by atoms with van der Waals surface area (Å²) in [6.07, 6.45) is 1.45. The van der Waals surface area contributed by atoms with Gasteiger partial charge in [-0.25, -0.2) is 8.42 Å². The molecule has 0 bridgehead atoms. The highest BCUT2D eigenvalue weighted by atomic mass is 32.2. The van der Waals surface area contributed by atoms with E-state index >= 15 is 0 Å². The molecule has 0 radical (unpaired) electrons. The van der Waals surface area contributed by atoms with Gasteiger partial charge in [0.25, 0.3) is 0 Å². The maximum atomic E-state index is 12.0. The highest BCUT2D eigenvalue weighted by molar-refractivity contribution is 7.92. The maximum Gasteiger partial charge on any atom is 0.232 e. The Balaban J connectivity index is 2.76. The molecule has 0 atom stereocenters. The zero-order valence-electron chi connectivity index (χ0n) is 12.2. The van der Waals surface area contributed by atoms with Crippen molar-refractivity contribution in [2.24, 2.45) is 5.41 Å². The van der Waals surface area contributed by atoms with Crippen molar-refractivity contribution in [2.45, 2.75) is 40.5 Å². The predicted octanol–water partition coefficient (Wildman–Crippen LogP) is 3.01. The van der Waals surface area contributed by atoms with Gasteiger partial charge in [0.1, 0.15) is 0 Å². The summed E-state index contributed by atoms with van der Waals surface area (Å²) in [4.78, 5) is 0. The maximum absolute atomic E-state index is 12.0. The molecule has 0 fully saturated rings. The summed E-state index contributed by atoms with van der Waals surface area (Å²) in [6.45, 7) is 8.09. The lowest BCUT2D eigenvalue weighted by Crippen LogP contribution is -2.21. The normalized spacial score (nSPS) is 12.4. The van der Waals surface area contributed by atoms with Crippen molar-refractivity contribution >= 4 is 21.4 Å². The van der Waals surface area contributed by atoms with Gasteiger partial charge in [-0.2, -0.15) is 0 Å². The second-order valence-electron chi connectivity index (χ2n) is 6.00. The third-order valence-electron chi connectivity index (χ3n) is 2.92. The summed E-state index contributed by atoms with van der Waals surface area (Å²) in [5.74, 6) is 0.117. The Morgan fingerprint density at radius 2 is 1.89 bits per heavy atom. The Morgan fingerprint density at radius 3 is 2.37 bits per heavy atom. The average molecular weight is 284 g/mol. The van der Waals surface area contributed by atoms with Gasteiger partial charge in [-0.15, -0.1) is 0 Å². The first kappa shape index (κ1) is 15.8. The van der Waals surface area contributed by atoms with E-state index in [0.717, 1.165) is 12.0 Å². The number of sulfonamides is 1. The van der Waals surface area contributed by atoms with Crippen molar-refractivity contribution in [1.82, 2.24) is 0 Å². The van der Waals surface area contributed by atoms with Crippen LogP contribution in [0.25, 0.3) is 0 Å². The number of rotatable bonds is 5. The van der Waals surface area contributed by atoms with E-state index in [-0.39, 0.29) is 11.2 Å². The van der Waals surface area contributed by atoms with Crippen LogP contribution in [0, 0.1) is 5.41 Å². The average Bonchev–Trinajstić information content (AvgIpc) is 2.25. The zero-order valence-corrected chi connectivity index (χ0v) is 13.0. The van der Waals surface area contributed by atoms with E-state index in [4.69, 9.17) is 5.73 Å². The van der Waals surface area contributed by atoms with Crippen LogP contribution < -0.4 is 10.5 Å². The second-order valence-corrected chi connectivity index (χ2v) is 7.84. The number of nitrogen functional groups attached to an aromatic ring is 1. The molecule has 4 nitrogen and oxygen atoms in total. The molecule has 0 aliphatic carbocycles. The van der Waals surface area contributed by atoms with Crippen molar-refractivity contribution in [1.29, 1.82) is 0 Å². The number of hydrogen-bond donors (Lipinski definition) is 2. The number of hydrogen-bond acceptors (Lipinski definition) is 3. The molecule has 0 unspecified atom stereocenters. The molecular weight excluding hydrogens is 260 g/mol. The van der Waals surface area contributed by atoms with Crippen molar-refractivity contribution < 1.29 is 8.42 Å². The van der Waals surface area contributed by atoms with Crippen LogP contribution in [-0.4, -0.2) is 14.2 Å². The van der Waals surface area contributed by atoms with Gasteiger partial charge in [0.05, 0.1) is 11.4 Å². The van der Waals surface area contributed by atoms with E-state index in [1.165, 1.54) is 0 Å². The molecule has 0 heterocycles. The number of aryl methyl sites for hydroxylation is 1. The Morgan fingerprint density at radius 1 is 1.26 bits per heavy atom. The van der Waals surface area contributed by atoms with E-state index in [1.54, 1.807) is 12.1 Å². The fraction of sp³-hybridized carbons (Fsp3) is 0.571. The molecule has 0 aliphatic heterocycles. The first-order valence-electron chi connectivity index (χ1n) is 6.52. The van der Waals surface area contributed by atoms with E-state index < -0.39 is 10.0 Å². The summed E-state index contributed by atoms with van der Waals surface area (Å²) in [7, 11) is -3.31. The summed E-state index contributed by atoms with van der Waals surface area (Å²) >= 11 is 0. The summed E-state index contributed by atoms with van der Waals surface area (Å²) in [6, 6.07) is 5.29. The van der Waals surface area contributed by atoms with Gasteiger partial charge in [0.15, 0.2) is 0 Å². The topological polar surface area (TPSA) is 72.2 Å². The summed E-state index contributed by atoms with van der Waals surface area (Å²) in [5.41, 5.74) is 8.04. The highest BCUT2D eigenvalue weighted by Gasteiger charge is 2.17. The molecule has 0 saturated heterocycles. The van der Waals surface area contributed by atoms with Gasteiger partial charge in [0, 0.05) is 5.69 Å². The Hall–Kier alpha value is -1.23. The van der Waals surface area contributed by atoms with Crippen molar-refractivity contribution in [2.75, 3.05) is 16.2 Å². The number of anilines is 2. The third-order valence-corrected chi connectivity index (χ3v) is 4.21. The van der Waals surface area contributed by atoms with Gasteiger partial charge >= 0.3 is 0 Å². The van der Waals surface area contributed by atoms with Crippen LogP contribution in [0.5, 0.6) is 0 Å².